The molecule has 0 aliphatic rings. The Hall–Kier alpha value is -1.94. The second-order valence-electron chi connectivity index (χ2n) is 23.0. The van der Waals surface area contributed by atoms with Gasteiger partial charge in [-0.05, 0) is 37.5 Å². The molecule has 474 valence electrons. The van der Waals surface area contributed by atoms with Crippen molar-refractivity contribution in [1.82, 2.24) is 0 Å². The molecule has 3 N–H and O–H groups in total. The SMILES string of the molecule is CCCCCCCCCCCC(=O)OC[C@H](COP(=O)(O)OC[C@H](O)COP(=O)(O)OC[C@@H](COC(=O)CCCCCCCCCCC(C)C)OC(=O)CCCCCCCCCCC(C)C)OC(=O)CCCCCCCCCCC. The molecular formula is C61H118O17P2. The van der Waals surface area contributed by atoms with E-state index in [2.05, 4.69) is 41.5 Å². The molecule has 0 bridgehead atoms. The van der Waals surface area contributed by atoms with E-state index in [0.29, 0.717) is 25.7 Å². The third-order valence-electron chi connectivity index (χ3n) is 14.0. The Morgan fingerprint density at radius 2 is 0.575 bits per heavy atom. The summed E-state index contributed by atoms with van der Waals surface area (Å²) in [5.74, 6) is -0.697. The minimum absolute atomic E-state index is 0.104. The average molecular weight is 1190 g/mol. The van der Waals surface area contributed by atoms with Crippen LogP contribution < -0.4 is 0 Å². The number of ether oxygens (including phenoxy) is 4. The molecule has 80 heavy (non-hydrogen) atoms. The molecule has 0 aliphatic carbocycles. The minimum atomic E-state index is -4.94. The maximum absolute atomic E-state index is 12.9. The van der Waals surface area contributed by atoms with Crippen molar-refractivity contribution in [1.29, 1.82) is 0 Å². The van der Waals surface area contributed by atoms with Gasteiger partial charge in [0.1, 0.15) is 19.3 Å². The normalized spacial score (nSPS) is 14.4. The number of esters is 4. The number of carbonyl (C=O) groups excluding carboxylic acids is 4. The van der Waals surface area contributed by atoms with Gasteiger partial charge in [0.2, 0.25) is 0 Å². The number of rotatable bonds is 60. The minimum Gasteiger partial charge on any atom is -0.462 e. The zero-order valence-electron chi connectivity index (χ0n) is 51.4. The highest BCUT2D eigenvalue weighted by Gasteiger charge is 2.30. The first-order valence-electron chi connectivity index (χ1n) is 32.0. The molecule has 0 spiro atoms. The first kappa shape index (κ1) is 78.1. The van der Waals surface area contributed by atoms with E-state index >= 15 is 0 Å². The molecule has 5 atom stereocenters. The smallest absolute Gasteiger partial charge is 0.462 e. The summed E-state index contributed by atoms with van der Waals surface area (Å²) in [6.07, 6.45) is 34.9. The highest BCUT2D eigenvalue weighted by molar-refractivity contribution is 7.47. The summed E-state index contributed by atoms with van der Waals surface area (Å²) in [5.41, 5.74) is 0. The molecule has 0 aromatic heterocycles. The first-order valence-corrected chi connectivity index (χ1v) is 35.0. The van der Waals surface area contributed by atoms with Crippen molar-refractivity contribution in [2.75, 3.05) is 39.6 Å². The van der Waals surface area contributed by atoms with Crippen LogP contribution in [0, 0.1) is 11.8 Å². The number of unbranched alkanes of at least 4 members (excludes halogenated alkanes) is 30. The molecule has 17 nitrogen and oxygen atoms in total. The van der Waals surface area contributed by atoms with E-state index in [4.69, 9.17) is 37.0 Å². The Morgan fingerprint density at radius 1 is 0.338 bits per heavy atom. The molecule has 0 aromatic rings. The summed E-state index contributed by atoms with van der Waals surface area (Å²) >= 11 is 0. The van der Waals surface area contributed by atoms with Crippen molar-refractivity contribution in [3.8, 4) is 0 Å². The maximum atomic E-state index is 12.9. The van der Waals surface area contributed by atoms with Crippen molar-refractivity contribution in [3.05, 3.63) is 0 Å². The molecule has 0 aromatic carbocycles. The fourth-order valence-corrected chi connectivity index (χ4v) is 10.6. The van der Waals surface area contributed by atoms with E-state index in [-0.39, 0.29) is 25.7 Å². The van der Waals surface area contributed by atoms with Crippen molar-refractivity contribution in [3.63, 3.8) is 0 Å². The van der Waals surface area contributed by atoms with Crippen LogP contribution in [0.4, 0.5) is 0 Å². The number of phosphoric acid groups is 2. The first-order chi connectivity index (χ1) is 38.4. The van der Waals surface area contributed by atoms with Gasteiger partial charge in [0.05, 0.1) is 26.4 Å². The molecule has 0 aliphatic heterocycles. The number of phosphoric ester groups is 2. The van der Waals surface area contributed by atoms with Crippen LogP contribution in [-0.4, -0.2) is 96.7 Å². The van der Waals surface area contributed by atoms with Gasteiger partial charge >= 0.3 is 39.5 Å². The van der Waals surface area contributed by atoms with Gasteiger partial charge in [0, 0.05) is 25.7 Å². The lowest BCUT2D eigenvalue weighted by Gasteiger charge is -2.21. The largest absolute Gasteiger partial charge is 0.472 e. The lowest BCUT2D eigenvalue weighted by Crippen LogP contribution is -2.30. The molecule has 0 saturated heterocycles. The van der Waals surface area contributed by atoms with Gasteiger partial charge in [0.25, 0.3) is 0 Å². The fraction of sp³-hybridized carbons (Fsp3) is 0.934. The molecule has 0 saturated carbocycles. The number of aliphatic hydroxyl groups excluding tert-OH is 1. The summed E-state index contributed by atoms with van der Waals surface area (Å²) in [6, 6.07) is 0. The monoisotopic (exact) mass is 1180 g/mol. The molecule has 19 heteroatoms. The zero-order valence-corrected chi connectivity index (χ0v) is 53.2. The van der Waals surface area contributed by atoms with Crippen molar-refractivity contribution in [2.45, 2.75) is 317 Å². The van der Waals surface area contributed by atoms with Crippen LogP contribution in [0.25, 0.3) is 0 Å². The van der Waals surface area contributed by atoms with Gasteiger partial charge in [-0.2, -0.15) is 0 Å². The van der Waals surface area contributed by atoms with Gasteiger partial charge in [-0.1, -0.05) is 247 Å². The Bertz CT molecular complexity index is 1580. The van der Waals surface area contributed by atoms with E-state index in [1.165, 1.54) is 116 Å². The Balaban J connectivity index is 5.23. The second kappa shape index (κ2) is 53.8. The molecule has 0 amide bonds. The van der Waals surface area contributed by atoms with Crippen LogP contribution in [0.3, 0.4) is 0 Å². The van der Waals surface area contributed by atoms with Crippen LogP contribution in [0.1, 0.15) is 298 Å². The molecular weight excluding hydrogens is 1070 g/mol. The number of carbonyl (C=O) groups is 4. The number of hydrogen-bond donors (Lipinski definition) is 3. The lowest BCUT2D eigenvalue weighted by molar-refractivity contribution is -0.161. The lowest BCUT2D eigenvalue weighted by atomic mass is 10.0. The summed E-state index contributed by atoms with van der Waals surface area (Å²) in [5, 5.41) is 10.5. The summed E-state index contributed by atoms with van der Waals surface area (Å²) in [7, 11) is -9.88. The number of aliphatic hydroxyl groups is 1. The Kier molecular flexibility index (Phi) is 52.5. The standard InChI is InChI=1S/C61H118O17P2/c1-7-9-11-13-15-17-25-31-37-43-58(63)71-49-56(77-60(65)45-39-33-27-18-16-14-12-10-8-2)51-75-79(67,68)73-47-55(62)48-74-80(69,70)76-52-57(78-61(66)46-40-34-28-22-20-24-30-36-42-54(5)6)50-72-59(64)44-38-32-26-21-19-23-29-35-41-53(3)4/h53-57,62H,7-52H2,1-6H3,(H,67,68)(H,69,70)/t55-,56+,57+/m0/s1. The van der Waals surface area contributed by atoms with Crippen molar-refractivity contribution >= 4 is 39.5 Å². The van der Waals surface area contributed by atoms with Crippen LogP contribution in [0.2, 0.25) is 0 Å². The van der Waals surface area contributed by atoms with Gasteiger partial charge in [-0.3, -0.25) is 37.3 Å². The van der Waals surface area contributed by atoms with Crippen LogP contribution in [0.5, 0.6) is 0 Å². The molecule has 2 unspecified atom stereocenters. The molecule has 0 radical (unpaired) electrons. The predicted octanol–water partition coefficient (Wildman–Crippen LogP) is 16.5. The van der Waals surface area contributed by atoms with Gasteiger partial charge in [0.15, 0.2) is 12.2 Å². The van der Waals surface area contributed by atoms with E-state index in [0.717, 1.165) is 102 Å². The van der Waals surface area contributed by atoms with E-state index < -0.39 is 97.5 Å². The fourth-order valence-electron chi connectivity index (χ4n) is 9.00. The highest BCUT2D eigenvalue weighted by Crippen LogP contribution is 2.45. The maximum Gasteiger partial charge on any atom is 0.472 e. The number of hydrogen-bond acceptors (Lipinski definition) is 15. The second-order valence-corrected chi connectivity index (χ2v) is 25.9. The topological polar surface area (TPSA) is 237 Å². The average Bonchev–Trinajstić information content (AvgIpc) is 3.41. The Labute approximate surface area is 486 Å². The van der Waals surface area contributed by atoms with E-state index in [1.807, 2.05) is 0 Å². The van der Waals surface area contributed by atoms with E-state index in [9.17, 15) is 43.2 Å². The summed E-state index contributed by atoms with van der Waals surface area (Å²) in [6.45, 7) is 9.36. The van der Waals surface area contributed by atoms with E-state index in [1.54, 1.807) is 0 Å². The Morgan fingerprint density at radius 3 is 0.850 bits per heavy atom. The van der Waals surface area contributed by atoms with Crippen LogP contribution in [-0.2, 0) is 65.4 Å². The van der Waals surface area contributed by atoms with Crippen LogP contribution in [0.15, 0.2) is 0 Å². The van der Waals surface area contributed by atoms with Gasteiger partial charge < -0.3 is 33.8 Å². The van der Waals surface area contributed by atoms with Gasteiger partial charge in [-0.25, -0.2) is 9.13 Å². The molecule has 0 fully saturated rings. The quantitative estimate of drug-likeness (QED) is 0.0222. The zero-order chi connectivity index (χ0) is 59.4. The predicted molar refractivity (Wildman–Crippen MR) is 317 cm³/mol. The van der Waals surface area contributed by atoms with Gasteiger partial charge in [-0.15, -0.1) is 0 Å². The van der Waals surface area contributed by atoms with Crippen molar-refractivity contribution in [2.24, 2.45) is 11.8 Å². The third-order valence-corrected chi connectivity index (χ3v) is 15.9. The van der Waals surface area contributed by atoms with Crippen molar-refractivity contribution < 1.29 is 80.2 Å². The molecule has 0 rings (SSSR count). The van der Waals surface area contributed by atoms with Crippen LogP contribution >= 0.6 is 15.6 Å². The highest BCUT2D eigenvalue weighted by atomic mass is 31.2. The summed E-state index contributed by atoms with van der Waals surface area (Å²) in [4.78, 5) is 72.0. The summed E-state index contributed by atoms with van der Waals surface area (Å²) < 4.78 is 67.8. The third kappa shape index (κ3) is 55.3. The molecule has 0 heterocycles.